The summed E-state index contributed by atoms with van der Waals surface area (Å²) in [5, 5.41) is 18.6. The Morgan fingerprint density at radius 1 is 0.458 bits per heavy atom. The van der Waals surface area contributed by atoms with Crippen LogP contribution in [0.15, 0.2) is 158 Å². The number of benzene rings is 5. The molecule has 1 radical (unpaired) electrons. The summed E-state index contributed by atoms with van der Waals surface area (Å²) in [4.78, 5) is 44.5. The number of carboxylic acid groups (broad SMARTS) is 2. The van der Waals surface area contributed by atoms with Gasteiger partial charge in [0, 0.05) is 44.3 Å². The van der Waals surface area contributed by atoms with Gasteiger partial charge in [0.25, 0.3) is 0 Å². The fraction of sp³-hybridized carbons (Fsp3) is 0.0816. The quantitative estimate of drug-likeness (QED) is 0.108. The zero-order chi connectivity index (χ0) is 39.8. The molecule has 3 heterocycles. The second-order valence-electron chi connectivity index (χ2n) is 13.8. The summed E-state index contributed by atoms with van der Waals surface area (Å²) in [6, 6.07) is 47.2. The van der Waals surface area contributed by atoms with Crippen molar-refractivity contribution in [2.75, 3.05) is 0 Å². The molecule has 0 aliphatic carbocycles. The van der Waals surface area contributed by atoms with E-state index in [9.17, 15) is 19.8 Å². The Morgan fingerprint density at radius 2 is 1.02 bits per heavy atom. The van der Waals surface area contributed by atoms with E-state index in [1.807, 2.05) is 60.8 Å². The van der Waals surface area contributed by atoms with Crippen LogP contribution in [0, 0.1) is 6.07 Å². The summed E-state index contributed by atoms with van der Waals surface area (Å²) in [6.07, 6.45) is 9.96. The molecule has 0 amide bonds. The fourth-order valence-electron chi connectivity index (χ4n) is 6.99. The molecule has 2 N–H and O–H groups in total. The molecule has 0 aliphatic rings. The third-order valence-corrected chi connectivity index (χ3v) is 9.96. The molecule has 5 aromatic carbocycles. The second kappa shape index (κ2) is 18.5. The van der Waals surface area contributed by atoms with E-state index in [-0.39, 0.29) is 31.5 Å². The van der Waals surface area contributed by atoms with Gasteiger partial charge in [0.15, 0.2) is 11.4 Å². The molecular weight excluding hydrogens is 915 g/mol. The van der Waals surface area contributed by atoms with Gasteiger partial charge in [0.1, 0.15) is 0 Å². The van der Waals surface area contributed by atoms with Crippen LogP contribution in [0.25, 0.3) is 55.8 Å². The maximum Gasteiger partial charge on any atom is 0.356 e. The minimum atomic E-state index is -1.12. The number of aryl methyl sites for hydroxylation is 4. The summed E-state index contributed by atoms with van der Waals surface area (Å²) in [7, 11) is 0. The van der Waals surface area contributed by atoms with Gasteiger partial charge < -0.3 is 15.2 Å². The molecule has 0 spiro atoms. The van der Waals surface area contributed by atoms with E-state index in [2.05, 4.69) is 98.8 Å². The predicted octanol–water partition coefficient (Wildman–Crippen LogP) is 9.76. The van der Waals surface area contributed by atoms with Gasteiger partial charge in [-0.3, -0.25) is 9.97 Å². The van der Waals surface area contributed by atoms with Crippen LogP contribution in [-0.4, -0.2) is 47.1 Å². The summed E-state index contributed by atoms with van der Waals surface area (Å²) >= 11 is 0. The number of nitrogens with zero attached hydrogens (tertiary/aromatic N) is 5. The Labute approximate surface area is 355 Å². The van der Waals surface area contributed by atoms with Gasteiger partial charge in [0.05, 0.1) is 23.8 Å². The molecule has 0 fully saturated rings. The van der Waals surface area contributed by atoms with E-state index in [1.165, 1.54) is 24.8 Å². The third kappa shape index (κ3) is 9.59. The third-order valence-electron chi connectivity index (χ3n) is 9.96. The fourth-order valence-corrected chi connectivity index (χ4v) is 6.99. The number of aromatic carboxylic acids is 2. The maximum absolute atomic E-state index is 11.3. The van der Waals surface area contributed by atoms with E-state index >= 15 is 0 Å². The van der Waals surface area contributed by atoms with Crippen molar-refractivity contribution in [2.24, 2.45) is 0 Å². The first-order chi connectivity index (χ1) is 28.4. The first kappa shape index (κ1) is 40.2. The molecular formula is C49H36IrN5O4-. The first-order valence-electron chi connectivity index (χ1n) is 18.8. The smallest absolute Gasteiger partial charge is 0.356 e. The number of rotatable bonds is 13. The molecule has 0 saturated heterocycles. The standard InChI is InChI=1S/C49H36N5O4.Ir/c55-48(56)46-30-50-39(27-52-46)21-15-32-23-33(16-22-40-28-53-47(31-51-40)49(57)58)25-38(24-32)41-13-7-8-14-42(41)44-29-54-45(37-11-5-2-6-12-37)26-43(44)36-19-17-35(18-20-36)34-9-3-1-4-10-34;/h1-11,13-14,17-20,23-31H,15-16,21-22H2,(H,55,56)(H,57,58);/q-1;. The summed E-state index contributed by atoms with van der Waals surface area (Å²) in [5.41, 5.74) is 13.5. The van der Waals surface area contributed by atoms with Crippen LogP contribution in [-0.2, 0) is 45.8 Å². The van der Waals surface area contributed by atoms with Gasteiger partial charge in [-0.25, -0.2) is 19.6 Å². The molecule has 9 nitrogen and oxygen atoms in total. The summed E-state index contributed by atoms with van der Waals surface area (Å²) in [6.45, 7) is 0. The Bertz CT molecular complexity index is 2630. The van der Waals surface area contributed by atoms with Crippen LogP contribution in [0.3, 0.4) is 0 Å². The van der Waals surface area contributed by atoms with Crippen molar-refractivity contribution < 1.29 is 39.9 Å². The zero-order valence-corrected chi connectivity index (χ0v) is 34.0. The predicted molar refractivity (Wildman–Crippen MR) is 223 cm³/mol. The van der Waals surface area contributed by atoms with Gasteiger partial charge in [-0.1, -0.05) is 103 Å². The Morgan fingerprint density at radius 3 is 1.58 bits per heavy atom. The minimum Gasteiger partial charge on any atom is -0.476 e. The molecule has 0 atom stereocenters. The average molecular weight is 951 g/mol. The van der Waals surface area contributed by atoms with Crippen LogP contribution in [0.1, 0.15) is 43.5 Å². The average Bonchev–Trinajstić information content (AvgIpc) is 3.28. The largest absolute Gasteiger partial charge is 0.476 e. The summed E-state index contributed by atoms with van der Waals surface area (Å²) in [5.74, 6) is -2.24. The summed E-state index contributed by atoms with van der Waals surface area (Å²) < 4.78 is 0. The van der Waals surface area contributed by atoms with Crippen LogP contribution < -0.4 is 0 Å². The van der Waals surface area contributed by atoms with E-state index in [4.69, 9.17) is 4.98 Å². The van der Waals surface area contributed by atoms with Gasteiger partial charge in [-0.05, 0) is 81.4 Å². The molecule has 59 heavy (non-hydrogen) atoms. The molecule has 3 aromatic heterocycles. The van der Waals surface area contributed by atoms with Gasteiger partial charge >= 0.3 is 11.9 Å². The molecule has 0 aliphatic heterocycles. The second-order valence-corrected chi connectivity index (χ2v) is 13.8. The van der Waals surface area contributed by atoms with Gasteiger partial charge in [-0.2, -0.15) is 0 Å². The van der Waals surface area contributed by atoms with Crippen molar-refractivity contribution in [3.63, 3.8) is 0 Å². The Kier molecular flexibility index (Phi) is 12.6. The molecule has 0 unspecified atom stereocenters. The number of carbonyl (C=O) groups is 2. The number of aromatic nitrogens is 5. The Hall–Kier alpha value is -7.00. The Balaban J connectivity index is 0.00000528. The van der Waals surface area contributed by atoms with E-state index in [0.29, 0.717) is 37.1 Å². The van der Waals surface area contributed by atoms with Crippen LogP contribution >= 0.6 is 0 Å². The maximum atomic E-state index is 11.3. The minimum absolute atomic E-state index is 0. The van der Waals surface area contributed by atoms with E-state index in [0.717, 1.165) is 66.9 Å². The van der Waals surface area contributed by atoms with Crippen molar-refractivity contribution >= 4 is 11.9 Å². The number of hydrogen-bond donors (Lipinski definition) is 2. The van der Waals surface area contributed by atoms with Crippen molar-refractivity contribution in [3.05, 3.63) is 198 Å². The van der Waals surface area contributed by atoms with Gasteiger partial charge in [0.2, 0.25) is 0 Å². The monoisotopic (exact) mass is 951 g/mol. The SMILES string of the molecule is O=C(O)c1cnc(CCc2cc(CCc3cnc(C(=O)O)cn3)cc(-c3ccccc3-c3cnc(-c4[c-]cccc4)cc3-c3ccc(-c4ccccc4)cc3)c2)cn1.[Ir]. The van der Waals surface area contributed by atoms with Crippen molar-refractivity contribution in [2.45, 2.75) is 25.7 Å². The molecule has 8 rings (SSSR count). The normalized spacial score (nSPS) is 10.8. The molecule has 291 valence electrons. The van der Waals surface area contributed by atoms with Gasteiger partial charge in [-0.15, -0.1) is 35.9 Å². The number of pyridine rings is 1. The van der Waals surface area contributed by atoms with Crippen LogP contribution in [0.2, 0.25) is 0 Å². The van der Waals surface area contributed by atoms with Crippen molar-refractivity contribution in [3.8, 4) is 55.8 Å². The first-order valence-corrected chi connectivity index (χ1v) is 18.8. The van der Waals surface area contributed by atoms with Crippen molar-refractivity contribution in [1.29, 1.82) is 0 Å². The van der Waals surface area contributed by atoms with Crippen LogP contribution in [0.5, 0.6) is 0 Å². The van der Waals surface area contributed by atoms with Crippen LogP contribution in [0.4, 0.5) is 0 Å². The number of carboxylic acids is 2. The number of hydrogen-bond acceptors (Lipinski definition) is 7. The van der Waals surface area contributed by atoms with E-state index < -0.39 is 11.9 Å². The zero-order valence-electron chi connectivity index (χ0n) is 31.6. The topological polar surface area (TPSA) is 139 Å². The van der Waals surface area contributed by atoms with E-state index in [1.54, 1.807) is 0 Å². The van der Waals surface area contributed by atoms with Crippen molar-refractivity contribution in [1.82, 2.24) is 24.9 Å². The molecule has 0 saturated carbocycles. The molecule has 10 heteroatoms. The molecule has 0 bridgehead atoms. The molecule has 8 aromatic rings.